The van der Waals surface area contributed by atoms with Gasteiger partial charge in [0.1, 0.15) is 11.8 Å². The van der Waals surface area contributed by atoms with Crippen molar-refractivity contribution in [2.75, 3.05) is 18.1 Å². The van der Waals surface area contributed by atoms with Gasteiger partial charge in [0.2, 0.25) is 10.0 Å². The van der Waals surface area contributed by atoms with Crippen molar-refractivity contribution in [1.29, 1.82) is 0 Å². The fourth-order valence-corrected chi connectivity index (χ4v) is 2.51. The molecule has 1 aromatic carbocycles. The van der Waals surface area contributed by atoms with Crippen molar-refractivity contribution in [3.63, 3.8) is 0 Å². The molecule has 0 unspecified atom stereocenters. The minimum Gasteiger partial charge on any atom is -0.493 e. The zero-order valence-corrected chi connectivity index (χ0v) is 12.2. The molecule has 9 heteroatoms. The molecule has 1 atom stereocenters. The Bertz CT molecular complexity index is 544. The lowest BCUT2D eigenvalue weighted by Gasteiger charge is -2.08. The molecule has 112 valence electrons. The number of sulfonamides is 1. The molecule has 0 saturated heterocycles. The standard InChI is InChI=1S/C11H16N2O5S2/c12-10(11(14)15)7-19-6-5-18-8-1-3-9(4-2-8)20(13,16)17/h1-4,10H,5-7,12H2,(H,14,15)(H2,13,16,17)/t10-/m0/s1. The van der Waals surface area contributed by atoms with Crippen LogP contribution in [0.15, 0.2) is 29.2 Å². The number of carboxylic acids is 1. The van der Waals surface area contributed by atoms with Crippen LogP contribution in [-0.4, -0.2) is 43.6 Å². The fraction of sp³-hybridized carbons (Fsp3) is 0.364. The molecule has 0 fully saturated rings. The lowest BCUT2D eigenvalue weighted by Crippen LogP contribution is -2.32. The maximum atomic E-state index is 11.0. The molecular weight excluding hydrogens is 304 g/mol. The lowest BCUT2D eigenvalue weighted by atomic mass is 10.3. The molecule has 0 spiro atoms. The monoisotopic (exact) mass is 320 g/mol. The van der Waals surface area contributed by atoms with Crippen molar-refractivity contribution < 1.29 is 23.1 Å². The minimum absolute atomic E-state index is 0.0201. The summed E-state index contributed by atoms with van der Waals surface area (Å²) in [6, 6.07) is 4.85. The topological polar surface area (TPSA) is 133 Å². The maximum Gasteiger partial charge on any atom is 0.321 e. The Labute approximate surface area is 121 Å². The van der Waals surface area contributed by atoms with Crippen LogP contribution in [0.3, 0.4) is 0 Å². The summed E-state index contributed by atoms with van der Waals surface area (Å²) in [5, 5.41) is 13.5. The Morgan fingerprint density at radius 3 is 2.45 bits per heavy atom. The molecule has 0 radical (unpaired) electrons. The number of nitrogens with two attached hydrogens (primary N) is 2. The first-order chi connectivity index (χ1) is 9.30. The van der Waals surface area contributed by atoms with E-state index < -0.39 is 22.0 Å². The lowest BCUT2D eigenvalue weighted by molar-refractivity contribution is -0.137. The van der Waals surface area contributed by atoms with Crippen LogP contribution in [0.2, 0.25) is 0 Å². The third-order valence-corrected chi connectivity index (χ3v) is 4.24. The van der Waals surface area contributed by atoms with Gasteiger partial charge in [0.05, 0.1) is 11.5 Å². The molecular formula is C11H16N2O5S2. The van der Waals surface area contributed by atoms with Crippen LogP contribution in [0.5, 0.6) is 5.75 Å². The van der Waals surface area contributed by atoms with E-state index in [0.29, 0.717) is 23.9 Å². The number of hydrogen-bond donors (Lipinski definition) is 3. The summed E-state index contributed by atoms with van der Waals surface area (Å²) in [5.74, 6) is 0.374. The molecule has 0 heterocycles. The van der Waals surface area contributed by atoms with Crippen LogP contribution in [0, 0.1) is 0 Å². The number of carboxylic acid groups (broad SMARTS) is 1. The van der Waals surface area contributed by atoms with E-state index in [1.807, 2.05) is 0 Å². The smallest absolute Gasteiger partial charge is 0.321 e. The highest BCUT2D eigenvalue weighted by molar-refractivity contribution is 7.99. The third-order valence-electron chi connectivity index (χ3n) is 2.26. The van der Waals surface area contributed by atoms with Gasteiger partial charge < -0.3 is 15.6 Å². The first kappa shape index (κ1) is 16.8. The van der Waals surface area contributed by atoms with Crippen molar-refractivity contribution >= 4 is 27.8 Å². The summed E-state index contributed by atoms with van der Waals surface area (Å²) in [6.07, 6.45) is 0. The molecule has 0 saturated carbocycles. The second-order valence-corrected chi connectivity index (χ2v) is 6.60. The van der Waals surface area contributed by atoms with Crippen molar-refractivity contribution in [3.05, 3.63) is 24.3 Å². The number of rotatable bonds is 8. The van der Waals surface area contributed by atoms with Crippen LogP contribution < -0.4 is 15.6 Å². The van der Waals surface area contributed by atoms with Gasteiger partial charge in [-0.15, -0.1) is 0 Å². The van der Waals surface area contributed by atoms with E-state index in [1.54, 1.807) is 0 Å². The van der Waals surface area contributed by atoms with Gasteiger partial charge in [-0.2, -0.15) is 11.8 Å². The molecule has 0 aliphatic carbocycles. The summed E-state index contributed by atoms with van der Waals surface area (Å²) < 4.78 is 27.4. The first-order valence-corrected chi connectivity index (χ1v) is 8.32. The molecule has 5 N–H and O–H groups in total. The molecule has 0 aromatic heterocycles. The average molecular weight is 320 g/mol. The van der Waals surface area contributed by atoms with E-state index in [2.05, 4.69) is 0 Å². The normalized spacial score (nSPS) is 12.9. The van der Waals surface area contributed by atoms with Crippen molar-refractivity contribution in [3.8, 4) is 5.75 Å². The first-order valence-electron chi connectivity index (χ1n) is 5.62. The second kappa shape index (κ2) is 7.48. The van der Waals surface area contributed by atoms with Gasteiger partial charge in [-0.05, 0) is 24.3 Å². The largest absolute Gasteiger partial charge is 0.493 e. The van der Waals surface area contributed by atoms with Crippen molar-refractivity contribution in [2.24, 2.45) is 10.9 Å². The molecule has 0 amide bonds. The van der Waals surface area contributed by atoms with Gasteiger partial charge >= 0.3 is 5.97 Å². The quantitative estimate of drug-likeness (QED) is 0.568. The average Bonchev–Trinajstić information content (AvgIpc) is 2.37. The van der Waals surface area contributed by atoms with E-state index in [9.17, 15) is 13.2 Å². The number of hydrogen-bond acceptors (Lipinski definition) is 6. The molecule has 7 nitrogen and oxygen atoms in total. The van der Waals surface area contributed by atoms with Gasteiger partial charge in [0.15, 0.2) is 0 Å². The van der Waals surface area contributed by atoms with Crippen LogP contribution in [0.1, 0.15) is 0 Å². The Morgan fingerprint density at radius 2 is 1.95 bits per heavy atom. The van der Waals surface area contributed by atoms with Crippen LogP contribution in [0.25, 0.3) is 0 Å². The highest BCUT2D eigenvalue weighted by Gasteiger charge is 2.10. The van der Waals surface area contributed by atoms with Crippen LogP contribution >= 0.6 is 11.8 Å². The van der Waals surface area contributed by atoms with E-state index in [0.717, 1.165) is 0 Å². The predicted molar refractivity (Wildman–Crippen MR) is 76.2 cm³/mol. The number of benzene rings is 1. The zero-order valence-electron chi connectivity index (χ0n) is 10.6. The Balaban J connectivity index is 2.31. The summed E-state index contributed by atoms with van der Waals surface area (Å²) >= 11 is 1.37. The fourth-order valence-electron chi connectivity index (χ4n) is 1.23. The van der Waals surface area contributed by atoms with Gasteiger partial charge in [-0.3, -0.25) is 4.79 Å². The highest BCUT2D eigenvalue weighted by Crippen LogP contribution is 2.15. The highest BCUT2D eigenvalue weighted by atomic mass is 32.2. The Morgan fingerprint density at radius 1 is 1.35 bits per heavy atom. The Kier molecular flexibility index (Phi) is 6.27. The predicted octanol–water partition coefficient (Wildman–Crippen LogP) is -0.142. The SMILES string of the molecule is N[C@@H](CSCCOc1ccc(S(N)(=O)=O)cc1)C(=O)O. The molecule has 0 bridgehead atoms. The summed E-state index contributed by atoms with van der Waals surface area (Å²) in [6.45, 7) is 0.367. The van der Waals surface area contributed by atoms with E-state index >= 15 is 0 Å². The van der Waals surface area contributed by atoms with Gasteiger partial charge in [-0.1, -0.05) is 0 Å². The number of aliphatic carboxylic acids is 1. The number of thioether (sulfide) groups is 1. The number of ether oxygens (including phenoxy) is 1. The molecule has 0 aliphatic rings. The van der Waals surface area contributed by atoms with Gasteiger partial charge in [0, 0.05) is 11.5 Å². The minimum atomic E-state index is -3.70. The van der Waals surface area contributed by atoms with Gasteiger partial charge in [-0.25, -0.2) is 13.6 Å². The summed E-state index contributed by atoms with van der Waals surface area (Å²) in [4.78, 5) is 10.5. The Hall–Kier alpha value is -1.29. The summed E-state index contributed by atoms with van der Waals surface area (Å²) in [7, 11) is -3.70. The van der Waals surface area contributed by atoms with Crippen LogP contribution in [-0.2, 0) is 14.8 Å². The summed E-state index contributed by atoms with van der Waals surface area (Å²) in [5.41, 5.74) is 5.34. The van der Waals surface area contributed by atoms with Crippen molar-refractivity contribution in [1.82, 2.24) is 0 Å². The zero-order chi connectivity index (χ0) is 15.2. The molecule has 1 rings (SSSR count). The number of carbonyl (C=O) groups is 1. The van der Waals surface area contributed by atoms with E-state index in [4.69, 9.17) is 20.7 Å². The second-order valence-electron chi connectivity index (χ2n) is 3.88. The van der Waals surface area contributed by atoms with Crippen molar-refractivity contribution in [2.45, 2.75) is 10.9 Å². The van der Waals surface area contributed by atoms with Crippen LogP contribution in [0.4, 0.5) is 0 Å². The maximum absolute atomic E-state index is 11.0. The third kappa shape index (κ3) is 5.78. The van der Waals surface area contributed by atoms with E-state index in [-0.39, 0.29) is 4.90 Å². The molecule has 1 aromatic rings. The molecule has 0 aliphatic heterocycles. The number of primary sulfonamides is 1. The van der Waals surface area contributed by atoms with E-state index in [1.165, 1.54) is 36.0 Å². The molecule has 20 heavy (non-hydrogen) atoms. The van der Waals surface area contributed by atoms with Gasteiger partial charge in [0.25, 0.3) is 0 Å².